The Hall–Kier alpha value is -2.40. The van der Waals surface area contributed by atoms with E-state index in [9.17, 15) is 9.59 Å². The number of esters is 1. The summed E-state index contributed by atoms with van der Waals surface area (Å²) in [5.41, 5.74) is 1.56. The van der Waals surface area contributed by atoms with E-state index in [0.29, 0.717) is 18.4 Å². The molecule has 5 heteroatoms. The van der Waals surface area contributed by atoms with Crippen LogP contribution in [0, 0.1) is 0 Å². The zero-order chi connectivity index (χ0) is 16.2. The fourth-order valence-corrected chi connectivity index (χ4v) is 3.23. The van der Waals surface area contributed by atoms with E-state index >= 15 is 0 Å². The molecule has 0 spiro atoms. The van der Waals surface area contributed by atoms with Gasteiger partial charge in [0.15, 0.2) is 5.78 Å². The van der Waals surface area contributed by atoms with Crippen molar-refractivity contribution in [3.05, 3.63) is 58.4 Å². The van der Waals surface area contributed by atoms with Gasteiger partial charge in [0, 0.05) is 30.6 Å². The molecule has 0 aliphatic rings. The molecule has 3 rings (SSSR count). The molecular weight excluding hydrogens is 310 g/mol. The Kier molecular flexibility index (Phi) is 4.57. The number of ether oxygens (including phenoxy) is 1. The molecule has 2 heterocycles. The summed E-state index contributed by atoms with van der Waals surface area (Å²) in [5, 5.41) is 2.77. The molecule has 0 saturated heterocycles. The minimum atomic E-state index is -0.342. The van der Waals surface area contributed by atoms with Gasteiger partial charge in [-0.3, -0.25) is 4.79 Å². The van der Waals surface area contributed by atoms with Crippen molar-refractivity contribution in [2.24, 2.45) is 7.05 Å². The van der Waals surface area contributed by atoms with Gasteiger partial charge in [0.2, 0.25) is 0 Å². The van der Waals surface area contributed by atoms with Crippen LogP contribution in [0.5, 0.6) is 0 Å². The fraction of sp³-hybridized carbons (Fsp3) is 0.222. The lowest BCUT2D eigenvalue weighted by atomic mass is 10.2. The number of carbonyl (C=O) groups is 2. The molecule has 0 saturated carbocycles. The number of hydrogen-bond donors (Lipinski definition) is 0. The SMILES string of the molecule is Cn1cc(C(=O)OCCCC(=O)c2cccs2)c2ccccc21. The molecule has 23 heavy (non-hydrogen) atoms. The van der Waals surface area contributed by atoms with Crippen molar-refractivity contribution < 1.29 is 14.3 Å². The van der Waals surface area contributed by atoms with Crippen molar-refractivity contribution in [2.45, 2.75) is 12.8 Å². The molecule has 0 unspecified atom stereocenters. The Bertz CT molecular complexity index is 833. The van der Waals surface area contributed by atoms with Gasteiger partial charge in [-0.05, 0) is 23.9 Å². The molecule has 0 radical (unpaired) electrons. The van der Waals surface area contributed by atoms with Gasteiger partial charge in [-0.15, -0.1) is 11.3 Å². The fourth-order valence-electron chi connectivity index (χ4n) is 2.54. The van der Waals surface area contributed by atoms with Crippen LogP contribution in [0.4, 0.5) is 0 Å². The zero-order valence-corrected chi connectivity index (χ0v) is 13.6. The smallest absolute Gasteiger partial charge is 0.340 e. The Morgan fingerprint density at radius 3 is 2.78 bits per heavy atom. The zero-order valence-electron chi connectivity index (χ0n) is 12.8. The lowest BCUT2D eigenvalue weighted by molar-refractivity contribution is 0.0496. The van der Waals surface area contributed by atoms with Crippen molar-refractivity contribution in [3.8, 4) is 0 Å². The summed E-state index contributed by atoms with van der Waals surface area (Å²) in [4.78, 5) is 24.8. The molecule has 0 aliphatic carbocycles. The Morgan fingerprint density at radius 1 is 1.17 bits per heavy atom. The molecule has 4 nitrogen and oxygen atoms in total. The molecule has 0 amide bonds. The quantitative estimate of drug-likeness (QED) is 0.390. The van der Waals surface area contributed by atoms with Crippen LogP contribution in [-0.4, -0.2) is 22.9 Å². The van der Waals surface area contributed by atoms with Crippen LogP contribution in [0.15, 0.2) is 48.0 Å². The van der Waals surface area contributed by atoms with E-state index in [1.165, 1.54) is 11.3 Å². The summed E-state index contributed by atoms with van der Waals surface area (Å²) in [6.07, 6.45) is 2.71. The van der Waals surface area contributed by atoms with Gasteiger partial charge in [-0.25, -0.2) is 4.79 Å². The summed E-state index contributed by atoms with van der Waals surface area (Å²) >= 11 is 1.44. The van der Waals surface area contributed by atoms with E-state index in [1.807, 2.05) is 53.4 Å². The maximum atomic E-state index is 12.2. The van der Waals surface area contributed by atoms with Gasteiger partial charge in [-0.1, -0.05) is 24.3 Å². The normalized spacial score (nSPS) is 10.8. The molecule has 0 bridgehead atoms. The van der Waals surface area contributed by atoms with Gasteiger partial charge in [0.1, 0.15) is 0 Å². The highest BCUT2D eigenvalue weighted by atomic mass is 32.1. The molecule has 118 valence electrons. The van der Waals surface area contributed by atoms with Crippen LogP contribution in [0.25, 0.3) is 10.9 Å². The first-order chi connectivity index (χ1) is 11.2. The standard InChI is InChI=1S/C18H17NO3S/c1-19-12-14(13-6-2-3-7-15(13)19)18(21)22-10-4-8-16(20)17-9-5-11-23-17/h2-3,5-7,9,11-12H,4,8,10H2,1H3. The topological polar surface area (TPSA) is 48.3 Å². The molecule has 0 N–H and O–H groups in total. The van der Waals surface area contributed by atoms with Crippen LogP contribution in [0.1, 0.15) is 32.9 Å². The maximum Gasteiger partial charge on any atom is 0.340 e. The molecule has 0 atom stereocenters. The Balaban J connectivity index is 1.56. The van der Waals surface area contributed by atoms with Crippen LogP contribution in [0.2, 0.25) is 0 Å². The third-order valence-corrected chi connectivity index (χ3v) is 4.61. The van der Waals surface area contributed by atoms with Crippen molar-refractivity contribution >= 4 is 34.0 Å². The number of aromatic nitrogens is 1. The number of fused-ring (bicyclic) bond motifs is 1. The Labute approximate surface area is 138 Å². The number of aryl methyl sites for hydroxylation is 1. The number of rotatable bonds is 6. The number of nitrogens with zero attached hydrogens (tertiary/aromatic N) is 1. The van der Waals surface area contributed by atoms with Crippen molar-refractivity contribution in [2.75, 3.05) is 6.61 Å². The van der Waals surface area contributed by atoms with Gasteiger partial charge in [0.05, 0.1) is 17.0 Å². The first-order valence-corrected chi connectivity index (χ1v) is 8.32. The highest BCUT2D eigenvalue weighted by molar-refractivity contribution is 7.12. The van der Waals surface area contributed by atoms with Gasteiger partial charge in [0.25, 0.3) is 0 Å². The lowest BCUT2D eigenvalue weighted by Gasteiger charge is -2.03. The summed E-state index contributed by atoms with van der Waals surface area (Å²) in [6.45, 7) is 0.249. The Morgan fingerprint density at radius 2 is 2.00 bits per heavy atom. The molecule has 3 aromatic rings. The van der Waals surface area contributed by atoms with E-state index in [0.717, 1.165) is 15.8 Å². The second-order valence-electron chi connectivity index (χ2n) is 5.31. The number of benzene rings is 1. The second-order valence-corrected chi connectivity index (χ2v) is 6.26. The van der Waals surface area contributed by atoms with Gasteiger partial charge in [-0.2, -0.15) is 0 Å². The monoisotopic (exact) mass is 327 g/mol. The predicted molar refractivity (Wildman–Crippen MR) is 91.1 cm³/mol. The summed E-state index contributed by atoms with van der Waals surface area (Å²) < 4.78 is 7.23. The highest BCUT2D eigenvalue weighted by Gasteiger charge is 2.15. The molecular formula is C18H17NO3S. The van der Waals surface area contributed by atoms with Gasteiger partial charge < -0.3 is 9.30 Å². The van der Waals surface area contributed by atoms with Crippen LogP contribution >= 0.6 is 11.3 Å². The molecule has 0 fully saturated rings. The summed E-state index contributed by atoms with van der Waals surface area (Å²) in [5.74, 6) is -0.244. The van der Waals surface area contributed by atoms with Gasteiger partial charge >= 0.3 is 5.97 Å². The molecule has 2 aromatic heterocycles. The summed E-state index contributed by atoms with van der Waals surface area (Å²) in [7, 11) is 1.90. The predicted octanol–water partition coefficient (Wildman–Crippen LogP) is 4.06. The van der Waals surface area contributed by atoms with Crippen molar-refractivity contribution in [1.29, 1.82) is 0 Å². The third-order valence-electron chi connectivity index (χ3n) is 3.69. The summed E-state index contributed by atoms with van der Waals surface area (Å²) in [6, 6.07) is 11.4. The third kappa shape index (κ3) is 3.35. The number of ketones is 1. The average molecular weight is 327 g/mol. The number of thiophene rings is 1. The molecule has 1 aromatic carbocycles. The van der Waals surface area contributed by atoms with E-state index in [-0.39, 0.29) is 18.4 Å². The van der Waals surface area contributed by atoms with Crippen molar-refractivity contribution in [1.82, 2.24) is 4.57 Å². The van der Waals surface area contributed by atoms with Crippen LogP contribution in [0.3, 0.4) is 0 Å². The average Bonchev–Trinajstić information content (AvgIpc) is 3.20. The maximum absolute atomic E-state index is 12.2. The highest BCUT2D eigenvalue weighted by Crippen LogP contribution is 2.21. The lowest BCUT2D eigenvalue weighted by Crippen LogP contribution is -2.07. The molecule has 0 aliphatic heterocycles. The van der Waals surface area contributed by atoms with Crippen LogP contribution in [-0.2, 0) is 11.8 Å². The minimum absolute atomic E-state index is 0.0983. The number of hydrogen-bond acceptors (Lipinski definition) is 4. The minimum Gasteiger partial charge on any atom is -0.462 e. The van der Waals surface area contributed by atoms with E-state index < -0.39 is 0 Å². The first-order valence-electron chi connectivity index (χ1n) is 7.44. The van der Waals surface area contributed by atoms with E-state index in [4.69, 9.17) is 4.74 Å². The largest absolute Gasteiger partial charge is 0.462 e. The van der Waals surface area contributed by atoms with Crippen LogP contribution < -0.4 is 0 Å². The number of Topliss-reactive ketones (excluding diaryl/α,β-unsaturated/α-hetero) is 1. The van der Waals surface area contributed by atoms with E-state index in [1.54, 1.807) is 6.20 Å². The van der Waals surface area contributed by atoms with Crippen molar-refractivity contribution in [3.63, 3.8) is 0 Å². The first kappa shape index (κ1) is 15.5. The number of para-hydroxylation sites is 1. The second kappa shape index (κ2) is 6.79. The number of carbonyl (C=O) groups excluding carboxylic acids is 2. The van der Waals surface area contributed by atoms with E-state index in [2.05, 4.69) is 0 Å².